The van der Waals surface area contributed by atoms with Gasteiger partial charge in [-0.05, 0) is 12.1 Å². The van der Waals surface area contributed by atoms with Crippen molar-refractivity contribution in [2.45, 2.75) is 0 Å². The lowest BCUT2D eigenvalue weighted by atomic mass is 10.1. The minimum absolute atomic E-state index is 0.00265. The molecule has 0 saturated carbocycles. The van der Waals surface area contributed by atoms with Crippen molar-refractivity contribution >= 4 is 23.5 Å². The average molecular weight is 238 g/mol. The van der Waals surface area contributed by atoms with Crippen molar-refractivity contribution in [3.05, 3.63) is 40.3 Å². The van der Waals surface area contributed by atoms with E-state index in [9.17, 15) is 4.39 Å². The second kappa shape index (κ2) is 5.19. The first kappa shape index (κ1) is 12.1. The van der Waals surface area contributed by atoms with Gasteiger partial charge in [0.25, 0.3) is 0 Å². The van der Waals surface area contributed by atoms with Crippen molar-refractivity contribution in [1.82, 2.24) is 0 Å². The van der Waals surface area contributed by atoms with Crippen molar-refractivity contribution in [2.75, 3.05) is 5.73 Å². The molecule has 0 aliphatic carbocycles. The van der Waals surface area contributed by atoms with E-state index < -0.39 is 5.82 Å². The molecule has 0 atom stereocenters. The molecule has 1 aromatic carbocycles. The summed E-state index contributed by atoms with van der Waals surface area (Å²) in [6, 6.07) is 2.54. The molecule has 16 heavy (non-hydrogen) atoms. The Morgan fingerprint density at radius 1 is 1.50 bits per heavy atom. The Labute approximate surface area is 97.4 Å². The molecule has 1 aromatic rings. The van der Waals surface area contributed by atoms with Crippen LogP contribution in [0.25, 0.3) is 0 Å². The number of rotatable bonds is 1. The van der Waals surface area contributed by atoms with Crippen LogP contribution in [0.1, 0.15) is 5.56 Å². The largest absolute Gasteiger partial charge is 0.404 e. The summed E-state index contributed by atoms with van der Waals surface area (Å²) in [6.07, 6.45) is 2.11. The first-order valence-corrected chi connectivity index (χ1v) is 4.65. The van der Waals surface area contributed by atoms with Crippen LogP contribution in [-0.4, -0.2) is 6.21 Å². The Kier molecular flexibility index (Phi) is 3.92. The minimum Gasteiger partial charge on any atom is -0.404 e. The van der Waals surface area contributed by atoms with Gasteiger partial charge in [-0.25, -0.2) is 4.39 Å². The number of benzene rings is 1. The molecule has 0 saturated heterocycles. The summed E-state index contributed by atoms with van der Waals surface area (Å²) in [7, 11) is 0. The molecule has 0 fully saturated rings. The monoisotopic (exact) mass is 237 g/mol. The van der Waals surface area contributed by atoms with Gasteiger partial charge in [-0.1, -0.05) is 23.4 Å². The predicted octanol–water partition coefficient (Wildman–Crippen LogP) is 1.90. The van der Waals surface area contributed by atoms with E-state index in [1.807, 2.05) is 0 Å². The number of allylic oxidation sites excluding steroid dienone is 1. The van der Waals surface area contributed by atoms with Gasteiger partial charge < -0.3 is 16.9 Å². The van der Waals surface area contributed by atoms with Gasteiger partial charge in [0.15, 0.2) is 0 Å². The number of anilines is 1. The lowest BCUT2D eigenvalue weighted by Crippen LogP contribution is -1.93. The third-order valence-electron chi connectivity index (χ3n) is 1.79. The molecule has 0 aromatic heterocycles. The molecule has 1 rings (SSSR count). The fourth-order valence-corrected chi connectivity index (χ4v) is 1.14. The zero-order valence-corrected chi connectivity index (χ0v) is 8.98. The normalized spacial score (nSPS) is 10.5. The summed E-state index contributed by atoms with van der Waals surface area (Å²) in [5.41, 5.74) is 11.2. The maximum Gasteiger partial charge on any atom is 0.140 e. The van der Waals surface area contributed by atoms with E-state index in [0.717, 1.165) is 12.4 Å². The first-order valence-electron chi connectivity index (χ1n) is 4.28. The highest BCUT2D eigenvalue weighted by Crippen LogP contribution is 2.24. The van der Waals surface area contributed by atoms with Crippen LogP contribution in [0.2, 0.25) is 5.02 Å². The van der Waals surface area contributed by atoms with Gasteiger partial charge in [-0.15, -0.1) is 0 Å². The van der Waals surface area contributed by atoms with Crippen LogP contribution >= 0.6 is 11.6 Å². The summed E-state index contributed by atoms with van der Waals surface area (Å²) in [4.78, 5) is 0. The Bertz CT molecular complexity index is 512. The summed E-state index contributed by atoms with van der Waals surface area (Å²) in [5.74, 6) is 4.43. The standard InChI is InChI=1S/C11H9ClFN3/c12-11-8(2-1-7(5-14)6-15)9(13)3-4-10(11)16/h3-6,14H,15-16H2. The Morgan fingerprint density at radius 3 is 2.75 bits per heavy atom. The molecule has 5 heteroatoms. The van der Waals surface area contributed by atoms with Crippen molar-refractivity contribution in [3.8, 4) is 11.8 Å². The van der Waals surface area contributed by atoms with Gasteiger partial charge in [-0.2, -0.15) is 0 Å². The second-order valence-corrected chi connectivity index (χ2v) is 3.22. The highest BCUT2D eigenvalue weighted by atomic mass is 35.5. The number of halogens is 2. The van der Waals surface area contributed by atoms with Crippen LogP contribution in [0, 0.1) is 23.1 Å². The van der Waals surface area contributed by atoms with Crippen LogP contribution in [0.4, 0.5) is 10.1 Å². The highest BCUT2D eigenvalue weighted by Gasteiger charge is 2.07. The maximum absolute atomic E-state index is 13.3. The third kappa shape index (κ3) is 2.53. The van der Waals surface area contributed by atoms with Crippen molar-refractivity contribution in [2.24, 2.45) is 5.73 Å². The summed E-state index contributed by atoms with van der Waals surface area (Å²) in [6.45, 7) is 0. The molecule has 0 radical (unpaired) electrons. The van der Waals surface area contributed by atoms with Crippen LogP contribution in [0.15, 0.2) is 23.9 Å². The van der Waals surface area contributed by atoms with Crippen molar-refractivity contribution in [1.29, 1.82) is 5.41 Å². The smallest absolute Gasteiger partial charge is 0.140 e. The molecule has 0 aliphatic heterocycles. The fourth-order valence-electron chi connectivity index (χ4n) is 0.944. The van der Waals surface area contributed by atoms with E-state index in [2.05, 4.69) is 11.8 Å². The Balaban J connectivity index is 3.25. The molecule has 0 spiro atoms. The van der Waals surface area contributed by atoms with Gasteiger partial charge in [0, 0.05) is 12.4 Å². The molecule has 0 aliphatic rings. The first-order chi connectivity index (χ1) is 7.60. The van der Waals surface area contributed by atoms with E-state index >= 15 is 0 Å². The van der Waals surface area contributed by atoms with Crippen LogP contribution in [0.5, 0.6) is 0 Å². The van der Waals surface area contributed by atoms with Crippen molar-refractivity contribution < 1.29 is 4.39 Å². The quantitative estimate of drug-likeness (QED) is 0.396. The molecular weight excluding hydrogens is 229 g/mol. The third-order valence-corrected chi connectivity index (χ3v) is 2.20. The molecular formula is C11H9ClFN3. The molecule has 0 unspecified atom stereocenters. The zero-order valence-electron chi connectivity index (χ0n) is 8.22. The predicted molar refractivity (Wildman–Crippen MR) is 63.8 cm³/mol. The number of hydrogen-bond donors (Lipinski definition) is 3. The number of nitrogen functional groups attached to an aromatic ring is 1. The Morgan fingerprint density at radius 2 is 2.19 bits per heavy atom. The average Bonchev–Trinajstić information content (AvgIpc) is 2.29. The maximum atomic E-state index is 13.3. The molecule has 3 nitrogen and oxygen atoms in total. The summed E-state index contributed by atoms with van der Waals surface area (Å²) in [5, 5.41) is 7.01. The van der Waals surface area contributed by atoms with Crippen LogP contribution < -0.4 is 11.5 Å². The molecule has 0 amide bonds. The Hall–Kier alpha value is -1.99. The van der Waals surface area contributed by atoms with E-state index in [4.69, 9.17) is 28.5 Å². The van der Waals surface area contributed by atoms with E-state index in [-0.39, 0.29) is 21.8 Å². The zero-order chi connectivity index (χ0) is 12.1. The van der Waals surface area contributed by atoms with Gasteiger partial charge in [-0.3, -0.25) is 0 Å². The van der Waals surface area contributed by atoms with Crippen LogP contribution in [-0.2, 0) is 0 Å². The molecule has 5 N–H and O–H groups in total. The van der Waals surface area contributed by atoms with Gasteiger partial charge in [0.05, 0.1) is 21.8 Å². The van der Waals surface area contributed by atoms with E-state index in [1.54, 1.807) is 0 Å². The van der Waals surface area contributed by atoms with Gasteiger partial charge in [0.1, 0.15) is 5.82 Å². The fraction of sp³-hybridized carbons (Fsp3) is 0. The van der Waals surface area contributed by atoms with Crippen molar-refractivity contribution in [3.63, 3.8) is 0 Å². The molecule has 82 valence electrons. The lowest BCUT2D eigenvalue weighted by molar-refractivity contribution is 0.624. The molecule has 0 heterocycles. The van der Waals surface area contributed by atoms with E-state index in [0.29, 0.717) is 0 Å². The summed E-state index contributed by atoms with van der Waals surface area (Å²) < 4.78 is 13.3. The van der Waals surface area contributed by atoms with E-state index in [1.165, 1.54) is 12.1 Å². The van der Waals surface area contributed by atoms with Crippen LogP contribution in [0.3, 0.4) is 0 Å². The van der Waals surface area contributed by atoms with Gasteiger partial charge in [0.2, 0.25) is 0 Å². The highest BCUT2D eigenvalue weighted by molar-refractivity contribution is 6.34. The number of nitrogens with one attached hydrogen (secondary N) is 1. The SMILES string of the molecule is N=CC(C#Cc1c(F)ccc(N)c1Cl)=CN. The second-order valence-electron chi connectivity index (χ2n) is 2.84. The number of nitrogens with two attached hydrogens (primary N) is 2. The molecule has 0 bridgehead atoms. The lowest BCUT2D eigenvalue weighted by Gasteiger charge is -2.01. The minimum atomic E-state index is -0.562. The summed E-state index contributed by atoms with van der Waals surface area (Å²) >= 11 is 5.79. The number of hydrogen-bond acceptors (Lipinski definition) is 3. The topological polar surface area (TPSA) is 75.9 Å². The van der Waals surface area contributed by atoms with Gasteiger partial charge >= 0.3 is 0 Å².